The molecule has 0 amide bonds. The number of nitrogens with one attached hydrogen (secondary N) is 1. The Bertz CT molecular complexity index is 224. The standard InChI is InChI=1S/C4H3NO4S2/c6-3(7)1-2(4(8)9)10-11-5-1/h5H,(H,6,7)(H,8,9). The number of hydrogen-bond acceptors (Lipinski definition) is 5. The van der Waals surface area contributed by atoms with Gasteiger partial charge in [-0.25, -0.2) is 9.59 Å². The van der Waals surface area contributed by atoms with Crippen LogP contribution in [-0.4, -0.2) is 22.2 Å². The molecule has 5 nitrogen and oxygen atoms in total. The SMILES string of the molecule is O=C(O)C1=C(C(=O)O)SSN1. The maximum Gasteiger partial charge on any atom is 0.354 e. The van der Waals surface area contributed by atoms with Crippen LogP contribution in [0.3, 0.4) is 0 Å². The lowest BCUT2D eigenvalue weighted by Gasteiger charge is -1.93. The molecule has 0 saturated heterocycles. The number of rotatable bonds is 2. The molecule has 11 heavy (non-hydrogen) atoms. The summed E-state index contributed by atoms with van der Waals surface area (Å²) in [6, 6.07) is 0. The maximum atomic E-state index is 10.3. The van der Waals surface area contributed by atoms with Crippen molar-refractivity contribution in [2.24, 2.45) is 0 Å². The number of hydrogen-bond donors (Lipinski definition) is 3. The maximum absolute atomic E-state index is 10.3. The lowest BCUT2D eigenvalue weighted by atomic mass is 10.4. The molecule has 0 aromatic heterocycles. The van der Waals surface area contributed by atoms with Crippen LogP contribution in [0.15, 0.2) is 10.6 Å². The summed E-state index contributed by atoms with van der Waals surface area (Å²) in [4.78, 5) is 20.5. The summed E-state index contributed by atoms with van der Waals surface area (Å²) in [6.07, 6.45) is 0. The summed E-state index contributed by atoms with van der Waals surface area (Å²) in [6.45, 7) is 0. The van der Waals surface area contributed by atoms with Gasteiger partial charge in [-0.1, -0.05) is 0 Å². The van der Waals surface area contributed by atoms with Crippen molar-refractivity contribution < 1.29 is 19.8 Å². The fourth-order valence-electron chi connectivity index (χ4n) is 0.476. The molecule has 0 saturated carbocycles. The van der Waals surface area contributed by atoms with Gasteiger partial charge in [0, 0.05) is 11.0 Å². The van der Waals surface area contributed by atoms with E-state index in [1.165, 1.54) is 0 Å². The van der Waals surface area contributed by atoms with Crippen LogP contribution in [-0.2, 0) is 9.59 Å². The normalized spacial score (nSPS) is 16.4. The van der Waals surface area contributed by atoms with E-state index < -0.39 is 11.9 Å². The second-order valence-corrected chi connectivity index (χ2v) is 3.53. The molecular weight excluding hydrogens is 190 g/mol. The zero-order valence-electron chi connectivity index (χ0n) is 5.03. The van der Waals surface area contributed by atoms with E-state index in [0.29, 0.717) is 0 Å². The van der Waals surface area contributed by atoms with Crippen molar-refractivity contribution in [1.82, 2.24) is 4.72 Å². The van der Waals surface area contributed by atoms with Crippen molar-refractivity contribution in [1.29, 1.82) is 0 Å². The van der Waals surface area contributed by atoms with Crippen LogP contribution in [0, 0.1) is 0 Å². The van der Waals surface area contributed by atoms with Gasteiger partial charge in [-0.3, -0.25) is 0 Å². The smallest absolute Gasteiger partial charge is 0.354 e. The Morgan fingerprint density at radius 3 is 2.27 bits per heavy atom. The fourth-order valence-corrected chi connectivity index (χ4v) is 2.32. The number of carboxylic acid groups (broad SMARTS) is 2. The molecule has 0 spiro atoms. The molecule has 3 N–H and O–H groups in total. The van der Waals surface area contributed by atoms with Crippen molar-refractivity contribution in [3.63, 3.8) is 0 Å². The number of carboxylic acids is 2. The van der Waals surface area contributed by atoms with E-state index >= 15 is 0 Å². The van der Waals surface area contributed by atoms with E-state index in [4.69, 9.17) is 10.2 Å². The van der Waals surface area contributed by atoms with E-state index in [0.717, 1.165) is 21.8 Å². The average Bonchev–Trinajstić information content (AvgIpc) is 2.32. The number of carbonyl (C=O) groups is 2. The highest BCUT2D eigenvalue weighted by atomic mass is 33.1. The predicted molar refractivity (Wildman–Crippen MR) is 40.6 cm³/mol. The summed E-state index contributed by atoms with van der Waals surface area (Å²) in [5.74, 6) is -2.47. The first-order valence-electron chi connectivity index (χ1n) is 2.43. The lowest BCUT2D eigenvalue weighted by Crippen LogP contribution is -2.13. The van der Waals surface area contributed by atoms with E-state index in [2.05, 4.69) is 4.72 Å². The monoisotopic (exact) mass is 193 g/mol. The van der Waals surface area contributed by atoms with Crippen LogP contribution >= 0.6 is 21.8 Å². The van der Waals surface area contributed by atoms with Crippen molar-refractivity contribution in [3.8, 4) is 0 Å². The molecule has 0 atom stereocenters. The van der Waals surface area contributed by atoms with Gasteiger partial charge in [0.1, 0.15) is 4.91 Å². The Balaban J connectivity index is 2.95. The van der Waals surface area contributed by atoms with Gasteiger partial charge < -0.3 is 14.9 Å². The Morgan fingerprint density at radius 2 is 1.91 bits per heavy atom. The quantitative estimate of drug-likeness (QED) is 0.428. The molecule has 0 radical (unpaired) electrons. The Hall–Kier alpha value is -0.820. The molecule has 0 bridgehead atoms. The Kier molecular flexibility index (Phi) is 2.30. The van der Waals surface area contributed by atoms with Gasteiger partial charge in [0.05, 0.1) is 0 Å². The van der Waals surface area contributed by atoms with Crippen LogP contribution < -0.4 is 4.72 Å². The van der Waals surface area contributed by atoms with Gasteiger partial charge in [0.25, 0.3) is 0 Å². The van der Waals surface area contributed by atoms with Gasteiger partial charge in [0.2, 0.25) is 0 Å². The van der Waals surface area contributed by atoms with Gasteiger partial charge in [0.15, 0.2) is 5.70 Å². The predicted octanol–water partition coefficient (Wildman–Crippen LogP) is 0.267. The first kappa shape index (κ1) is 8.28. The molecular formula is C4H3NO4S2. The molecule has 0 fully saturated rings. The average molecular weight is 193 g/mol. The van der Waals surface area contributed by atoms with Crippen molar-refractivity contribution in [2.45, 2.75) is 0 Å². The van der Waals surface area contributed by atoms with Gasteiger partial charge >= 0.3 is 11.9 Å². The minimum atomic E-state index is -1.25. The van der Waals surface area contributed by atoms with Gasteiger partial charge in [-0.2, -0.15) is 0 Å². The summed E-state index contributed by atoms with van der Waals surface area (Å²) in [7, 11) is 1.87. The second kappa shape index (κ2) is 3.05. The molecule has 0 unspecified atom stereocenters. The molecule has 60 valence electrons. The minimum Gasteiger partial charge on any atom is -0.477 e. The molecule has 1 aliphatic rings. The van der Waals surface area contributed by atoms with Crippen LogP contribution in [0.5, 0.6) is 0 Å². The summed E-state index contributed by atoms with van der Waals surface area (Å²) in [5.41, 5.74) is -0.257. The van der Waals surface area contributed by atoms with Crippen molar-refractivity contribution in [2.75, 3.05) is 0 Å². The molecule has 1 aliphatic heterocycles. The third-order valence-corrected chi connectivity index (χ3v) is 2.82. The Morgan fingerprint density at radius 1 is 1.27 bits per heavy atom. The first-order chi connectivity index (χ1) is 5.13. The van der Waals surface area contributed by atoms with Crippen LogP contribution in [0.1, 0.15) is 0 Å². The van der Waals surface area contributed by atoms with E-state index in [1.54, 1.807) is 0 Å². The van der Waals surface area contributed by atoms with Crippen LogP contribution in [0.2, 0.25) is 0 Å². The van der Waals surface area contributed by atoms with E-state index in [1.807, 2.05) is 0 Å². The lowest BCUT2D eigenvalue weighted by molar-refractivity contribution is -0.135. The molecule has 0 aromatic carbocycles. The summed E-state index contributed by atoms with van der Waals surface area (Å²) >= 11 is 0. The highest BCUT2D eigenvalue weighted by molar-refractivity contribution is 8.78. The molecule has 0 aromatic rings. The van der Waals surface area contributed by atoms with Crippen LogP contribution in [0.4, 0.5) is 0 Å². The summed E-state index contributed by atoms with van der Waals surface area (Å²) < 4.78 is 2.37. The largest absolute Gasteiger partial charge is 0.477 e. The molecule has 0 aliphatic carbocycles. The zero-order chi connectivity index (χ0) is 8.43. The Labute approximate surface area is 69.4 Å². The number of aliphatic carboxylic acids is 2. The topological polar surface area (TPSA) is 86.6 Å². The van der Waals surface area contributed by atoms with Crippen molar-refractivity contribution in [3.05, 3.63) is 10.6 Å². The third kappa shape index (κ3) is 1.60. The molecule has 1 rings (SSSR count). The van der Waals surface area contributed by atoms with E-state index in [-0.39, 0.29) is 10.6 Å². The van der Waals surface area contributed by atoms with Crippen LogP contribution in [0.25, 0.3) is 0 Å². The fraction of sp³-hybridized carbons (Fsp3) is 0. The van der Waals surface area contributed by atoms with Gasteiger partial charge in [-0.05, 0) is 10.8 Å². The molecule has 1 heterocycles. The first-order valence-corrected chi connectivity index (χ1v) is 4.58. The molecule has 7 heteroatoms. The third-order valence-electron chi connectivity index (χ3n) is 0.904. The summed E-state index contributed by atoms with van der Waals surface area (Å²) in [5, 5.41) is 16.9. The van der Waals surface area contributed by atoms with Gasteiger partial charge in [-0.15, -0.1) is 0 Å². The highest BCUT2D eigenvalue weighted by Gasteiger charge is 2.26. The van der Waals surface area contributed by atoms with E-state index in [9.17, 15) is 9.59 Å². The minimum absolute atomic E-state index is 0.164. The zero-order valence-corrected chi connectivity index (χ0v) is 6.66. The highest BCUT2D eigenvalue weighted by Crippen LogP contribution is 2.36. The van der Waals surface area contributed by atoms with Crippen molar-refractivity contribution >= 4 is 33.7 Å². The second-order valence-electron chi connectivity index (χ2n) is 1.58.